The summed E-state index contributed by atoms with van der Waals surface area (Å²) in [6.07, 6.45) is 0. The Labute approximate surface area is 126 Å². The van der Waals surface area contributed by atoms with Crippen LogP contribution in [-0.4, -0.2) is 35.8 Å². The second-order valence-corrected chi connectivity index (χ2v) is 4.03. The van der Waals surface area contributed by atoms with E-state index in [1.165, 1.54) is 14.2 Å². The van der Waals surface area contributed by atoms with E-state index in [0.717, 1.165) is 0 Å². The van der Waals surface area contributed by atoms with Gasteiger partial charge in [0.2, 0.25) is 11.0 Å². The molecule has 1 aromatic heterocycles. The van der Waals surface area contributed by atoms with Gasteiger partial charge in [-0.05, 0) is 30.7 Å². The van der Waals surface area contributed by atoms with Gasteiger partial charge in [0.05, 0.1) is 20.8 Å². The normalized spacial score (nSPS) is 10.1. The topological polar surface area (TPSA) is 75.6 Å². The van der Waals surface area contributed by atoms with Crippen LogP contribution in [0.25, 0.3) is 0 Å². The second-order valence-electron chi connectivity index (χ2n) is 3.70. The molecule has 0 unspecified atom stereocenters. The van der Waals surface area contributed by atoms with Crippen LogP contribution in [0.3, 0.4) is 0 Å². The smallest absolute Gasteiger partial charge is 0.329 e. The highest BCUT2D eigenvalue weighted by molar-refractivity contribution is 6.28. The van der Waals surface area contributed by atoms with Crippen molar-refractivity contribution in [1.29, 1.82) is 0 Å². The van der Waals surface area contributed by atoms with Crippen molar-refractivity contribution >= 4 is 11.6 Å². The summed E-state index contributed by atoms with van der Waals surface area (Å²) in [5, 5.41) is -0.0303. The average molecular weight is 312 g/mol. The Morgan fingerprint density at radius 1 is 1.00 bits per heavy atom. The predicted octanol–water partition coefficient (Wildman–Crippen LogP) is 2.73. The Morgan fingerprint density at radius 2 is 1.62 bits per heavy atom. The highest BCUT2D eigenvalue weighted by Gasteiger charge is 2.15. The van der Waals surface area contributed by atoms with Gasteiger partial charge in [0.1, 0.15) is 0 Å². The molecule has 0 aliphatic rings. The zero-order chi connectivity index (χ0) is 15.2. The fourth-order valence-electron chi connectivity index (χ4n) is 1.56. The molecule has 2 rings (SSSR count). The van der Waals surface area contributed by atoms with E-state index in [0.29, 0.717) is 23.9 Å². The predicted molar refractivity (Wildman–Crippen MR) is 75.6 cm³/mol. The minimum Gasteiger partial charge on any atom is -0.493 e. The molecule has 0 saturated carbocycles. The van der Waals surface area contributed by atoms with Crippen molar-refractivity contribution in [1.82, 2.24) is 15.0 Å². The van der Waals surface area contributed by atoms with Gasteiger partial charge in [-0.1, -0.05) is 6.07 Å². The summed E-state index contributed by atoms with van der Waals surface area (Å²) in [6.45, 7) is 2.21. The first-order valence-corrected chi connectivity index (χ1v) is 6.49. The first kappa shape index (κ1) is 15.1. The largest absolute Gasteiger partial charge is 0.493 e. The Kier molecular flexibility index (Phi) is 4.99. The molecule has 0 atom stereocenters. The number of methoxy groups -OCH3 is 2. The minimum absolute atomic E-state index is 0.0127. The van der Waals surface area contributed by atoms with E-state index in [-0.39, 0.29) is 17.3 Å². The molecule has 2 aromatic rings. The van der Waals surface area contributed by atoms with E-state index in [2.05, 4.69) is 15.0 Å². The lowest BCUT2D eigenvalue weighted by Gasteiger charge is -2.12. The Bertz CT molecular complexity index is 602. The SMILES string of the molecule is CCOc1nc(Cl)nc(Oc2c(OC)cccc2OC)n1. The number of benzene rings is 1. The monoisotopic (exact) mass is 311 g/mol. The molecule has 0 N–H and O–H groups in total. The number of para-hydroxylation sites is 1. The molecule has 21 heavy (non-hydrogen) atoms. The lowest BCUT2D eigenvalue weighted by molar-refractivity contribution is 0.297. The molecular formula is C13H14ClN3O4. The average Bonchev–Trinajstić information content (AvgIpc) is 2.47. The Morgan fingerprint density at radius 3 is 2.19 bits per heavy atom. The third kappa shape index (κ3) is 3.63. The maximum atomic E-state index is 5.81. The van der Waals surface area contributed by atoms with Crippen LogP contribution in [0.1, 0.15) is 6.92 Å². The fraction of sp³-hybridized carbons (Fsp3) is 0.308. The van der Waals surface area contributed by atoms with Crippen LogP contribution in [-0.2, 0) is 0 Å². The highest BCUT2D eigenvalue weighted by Crippen LogP contribution is 2.39. The summed E-state index contributed by atoms with van der Waals surface area (Å²) in [4.78, 5) is 11.7. The van der Waals surface area contributed by atoms with Gasteiger partial charge >= 0.3 is 12.0 Å². The van der Waals surface area contributed by atoms with Gasteiger partial charge in [0.15, 0.2) is 11.5 Å². The van der Waals surface area contributed by atoms with Crippen LogP contribution in [0, 0.1) is 0 Å². The van der Waals surface area contributed by atoms with E-state index in [1.807, 2.05) is 6.92 Å². The number of ether oxygens (including phenoxy) is 4. The van der Waals surface area contributed by atoms with Gasteiger partial charge in [0, 0.05) is 0 Å². The number of rotatable bonds is 6. The summed E-state index contributed by atoms with van der Waals surface area (Å²) in [7, 11) is 3.04. The highest BCUT2D eigenvalue weighted by atomic mass is 35.5. The van der Waals surface area contributed by atoms with Crippen molar-refractivity contribution in [2.24, 2.45) is 0 Å². The van der Waals surface area contributed by atoms with Crippen molar-refractivity contribution in [3.63, 3.8) is 0 Å². The van der Waals surface area contributed by atoms with Crippen LogP contribution in [0.15, 0.2) is 18.2 Å². The van der Waals surface area contributed by atoms with Crippen LogP contribution in [0.2, 0.25) is 5.28 Å². The standard InChI is InChI=1S/C13H14ClN3O4/c1-4-20-12-15-11(14)16-13(17-12)21-10-8(18-2)6-5-7-9(10)19-3/h5-7H,4H2,1-3H3. The maximum absolute atomic E-state index is 5.81. The molecule has 0 spiro atoms. The third-order valence-corrected chi connectivity index (χ3v) is 2.59. The van der Waals surface area contributed by atoms with Crippen molar-refractivity contribution in [2.75, 3.05) is 20.8 Å². The summed E-state index contributed by atoms with van der Waals surface area (Å²) < 4.78 is 21.3. The quantitative estimate of drug-likeness (QED) is 0.811. The number of hydrogen-bond acceptors (Lipinski definition) is 7. The lowest BCUT2D eigenvalue weighted by Crippen LogP contribution is -2.02. The third-order valence-electron chi connectivity index (χ3n) is 2.42. The van der Waals surface area contributed by atoms with E-state index in [1.54, 1.807) is 18.2 Å². The van der Waals surface area contributed by atoms with Gasteiger partial charge in [-0.25, -0.2) is 0 Å². The van der Waals surface area contributed by atoms with Gasteiger partial charge in [0.25, 0.3) is 0 Å². The molecule has 112 valence electrons. The molecule has 0 saturated heterocycles. The number of aromatic nitrogens is 3. The molecule has 0 aliphatic carbocycles. The molecule has 7 nitrogen and oxygen atoms in total. The lowest BCUT2D eigenvalue weighted by atomic mass is 10.3. The van der Waals surface area contributed by atoms with Gasteiger partial charge in [-0.3, -0.25) is 0 Å². The number of hydrogen-bond donors (Lipinski definition) is 0. The summed E-state index contributed by atoms with van der Waals surface area (Å²) in [6, 6.07) is 5.30. The molecule has 0 bridgehead atoms. The fourth-order valence-corrected chi connectivity index (χ4v) is 1.71. The van der Waals surface area contributed by atoms with Crippen LogP contribution in [0.5, 0.6) is 29.3 Å². The molecule has 1 aromatic carbocycles. The molecule has 0 amide bonds. The molecule has 0 aliphatic heterocycles. The number of halogens is 1. The minimum atomic E-state index is -0.0303. The van der Waals surface area contributed by atoms with Crippen molar-refractivity contribution in [2.45, 2.75) is 6.92 Å². The van der Waals surface area contributed by atoms with E-state index in [9.17, 15) is 0 Å². The molecule has 0 radical (unpaired) electrons. The zero-order valence-corrected chi connectivity index (χ0v) is 12.5. The second kappa shape index (κ2) is 6.94. The first-order chi connectivity index (χ1) is 10.2. The van der Waals surface area contributed by atoms with Crippen LogP contribution in [0.4, 0.5) is 0 Å². The van der Waals surface area contributed by atoms with E-state index in [4.69, 9.17) is 30.5 Å². The van der Waals surface area contributed by atoms with Gasteiger partial charge in [-0.15, -0.1) is 4.98 Å². The molecule has 0 fully saturated rings. The summed E-state index contributed by atoms with van der Waals surface area (Å²) >= 11 is 5.81. The first-order valence-electron chi connectivity index (χ1n) is 6.11. The number of nitrogens with zero attached hydrogens (tertiary/aromatic N) is 3. The molecule has 1 heterocycles. The molecule has 8 heteroatoms. The van der Waals surface area contributed by atoms with Crippen molar-refractivity contribution < 1.29 is 18.9 Å². The summed E-state index contributed by atoms with van der Waals surface area (Å²) in [5.74, 6) is 1.29. The van der Waals surface area contributed by atoms with Gasteiger partial charge < -0.3 is 18.9 Å². The Hall–Kier alpha value is -2.28. The zero-order valence-electron chi connectivity index (χ0n) is 11.8. The maximum Gasteiger partial charge on any atom is 0.329 e. The van der Waals surface area contributed by atoms with E-state index < -0.39 is 0 Å². The molecular weight excluding hydrogens is 298 g/mol. The van der Waals surface area contributed by atoms with Crippen LogP contribution >= 0.6 is 11.6 Å². The van der Waals surface area contributed by atoms with Gasteiger partial charge in [-0.2, -0.15) is 9.97 Å². The van der Waals surface area contributed by atoms with Crippen molar-refractivity contribution in [3.05, 3.63) is 23.5 Å². The van der Waals surface area contributed by atoms with Crippen LogP contribution < -0.4 is 18.9 Å². The summed E-state index contributed by atoms with van der Waals surface area (Å²) in [5.41, 5.74) is 0. The Balaban J connectivity index is 2.37. The van der Waals surface area contributed by atoms with E-state index >= 15 is 0 Å². The van der Waals surface area contributed by atoms with Crippen molar-refractivity contribution in [3.8, 4) is 29.3 Å².